The number of β-amino-alcohol motifs (C(OH)–C–C–N with tert-alkyl or cyclic N) is 1. The third-order valence-corrected chi connectivity index (χ3v) is 15.1. The predicted molar refractivity (Wildman–Crippen MR) is 278 cm³/mol. The van der Waals surface area contributed by atoms with Crippen molar-refractivity contribution in [2.24, 2.45) is 5.41 Å². The molecule has 6 aromatic rings. The van der Waals surface area contributed by atoms with Gasteiger partial charge in [-0.15, -0.1) is 16.4 Å². The number of thiazole rings is 1. The Kier molecular flexibility index (Phi) is 15.0. The maximum absolute atomic E-state index is 14.2. The summed E-state index contributed by atoms with van der Waals surface area (Å²) in [5.74, 6) is -1.00. The van der Waals surface area contributed by atoms with Crippen LogP contribution in [0.1, 0.15) is 98.7 Å². The molecule has 3 atom stereocenters. The molecule has 0 bridgehead atoms. The number of piperazine rings is 1. The van der Waals surface area contributed by atoms with Crippen LogP contribution in [0.25, 0.3) is 21.5 Å². The Morgan fingerprint density at radius 2 is 1.68 bits per heavy atom. The van der Waals surface area contributed by atoms with Crippen LogP contribution in [0.2, 0.25) is 0 Å². The smallest absolute Gasteiger partial charge is 0.263 e. The minimum absolute atomic E-state index is 0.0347. The number of carbonyl (C=O) groups is 5. The van der Waals surface area contributed by atoms with Crippen LogP contribution in [-0.2, 0) is 38.7 Å². The Morgan fingerprint density at radius 1 is 0.932 bits per heavy atom. The Morgan fingerprint density at radius 3 is 2.34 bits per heavy atom. The summed E-state index contributed by atoms with van der Waals surface area (Å²) in [6.45, 7) is 12.7. The number of nitrogens with one attached hydrogen (secondary N) is 3. The van der Waals surface area contributed by atoms with Crippen molar-refractivity contribution in [3.05, 3.63) is 98.9 Å². The largest absolute Gasteiger partial charge is 0.391 e. The van der Waals surface area contributed by atoms with Crippen LogP contribution < -0.4 is 26.4 Å². The number of hydrogen-bond donors (Lipinski definition) is 4. The Hall–Kier alpha value is -7.46. The first kappa shape index (κ1) is 51.4. The van der Waals surface area contributed by atoms with Crippen molar-refractivity contribution in [3.8, 4) is 10.4 Å². The number of anilines is 3. The van der Waals surface area contributed by atoms with Gasteiger partial charge >= 0.3 is 0 Å². The number of benzene rings is 1. The number of aromatic nitrogens is 8. The maximum atomic E-state index is 14.2. The molecule has 74 heavy (non-hydrogen) atoms. The molecule has 3 fully saturated rings. The molecule has 1 aliphatic carbocycles. The van der Waals surface area contributed by atoms with E-state index < -0.39 is 41.3 Å². The van der Waals surface area contributed by atoms with Crippen LogP contribution in [-0.4, -0.2) is 135 Å². The minimum Gasteiger partial charge on any atom is -0.391 e. The number of aliphatic hydroxyl groups excluding tert-OH is 1. The van der Waals surface area contributed by atoms with Crippen LogP contribution >= 0.6 is 11.3 Å². The molecule has 5 aromatic heterocycles. The average molecular weight is 1030 g/mol. The topological polar surface area (TPSA) is 256 Å². The monoisotopic (exact) mass is 1030 g/mol. The molecule has 388 valence electrons. The molecule has 1 saturated carbocycles. The molecule has 3 aliphatic rings. The van der Waals surface area contributed by atoms with Crippen LogP contribution in [0.5, 0.6) is 0 Å². The number of aliphatic hydroxyl groups is 1. The first-order valence-corrected chi connectivity index (χ1v) is 25.9. The molecule has 4 amide bonds. The third-order valence-electron chi connectivity index (χ3n) is 14.2. The normalized spacial score (nSPS) is 17.7. The van der Waals surface area contributed by atoms with E-state index in [0.29, 0.717) is 54.3 Å². The lowest BCUT2D eigenvalue weighted by Gasteiger charge is -2.36. The van der Waals surface area contributed by atoms with E-state index in [1.807, 2.05) is 64.1 Å². The highest BCUT2D eigenvalue weighted by atomic mass is 32.1. The van der Waals surface area contributed by atoms with Gasteiger partial charge in [0.05, 0.1) is 51.7 Å². The van der Waals surface area contributed by atoms with Crippen molar-refractivity contribution in [2.45, 2.75) is 117 Å². The molecule has 7 heterocycles. The van der Waals surface area contributed by atoms with Crippen LogP contribution in [0, 0.1) is 19.3 Å². The SMILES string of the molecule is CC(=O)c1c(C)c2cnc(Nc3ccc(N4CCN(C(=O)Cn5cc(CC(=O)NC(C(=O)N6C[C@H](O)C[C@H]6C(=O)NCc6ccc(-c7scnc7C)cc6)C(C)(C)C)nn5)CC4)cn3)nc2n(C2CCCC2)c1=O. The van der Waals surface area contributed by atoms with Gasteiger partial charge in [-0.05, 0) is 67.9 Å². The van der Waals surface area contributed by atoms with Gasteiger partial charge in [-0.25, -0.2) is 19.6 Å². The van der Waals surface area contributed by atoms with E-state index in [9.17, 15) is 33.9 Å². The molecule has 2 aliphatic heterocycles. The van der Waals surface area contributed by atoms with Gasteiger partial charge in [0.1, 0.15) is 30.1 Å². The lowest BCUT2D eigenvalue weighted by atomic mass is 9.85. The quantitative estimate of drug-likeness (QED) is 0.105. The summed E-state index contributed by atoms with van der Waals surface area (Å²) in [6.07, 6.45) is 7.59. The Bertz CT molecular complexity index is 3130. The number of amides is 4. The number of nitrogens with zero attached hydrogens (tertiary/aromatic N) is 11. The van der Waals surface area contributed by atoms with Crippen molar-refractivity contribution in [2.75, 3.05) is 42.9 Å². The average Bonchev–Trinajstić information content (AvgIpc) is 4.23. The fourth-order valence-corrected chi connectivity index (χ4v) is 11.0. The summed E-state index contributed by atoms with van der Waals surface area (Å²) >= 11 is 1.56. The van der Waals surface area contributed by atoms with E-state index in [4.69, 9.17) is 4.98 Å². The van der Waals surface area contributed by atoms with Gasteiger partial charge in [-0.1, -0.05) is 63.1 Å². The van der Waals surface area contributed by atoms with Gasteiger partial charge < -0.3 is 35.8 Å². The number of carbonyl (C=O) groups excluding carboxylic acids is 5. The predicted octanol–water partition coefficient (Wildman–Crippen LogP) is 4.28. The van der Waals surface area contributed by atoms with E-state index >= 15 is 0 Å². The molecule has 4 N–H and O–H groups in total. The summed E-state index contributed by atoms with van der Waals surface area (Å²) in [5.41, 5.74) is 6.04. The number of ketones is 1. The number of likely N-dealkylation sites (tertiary alicyclic amines) is 1. The number of aryl methyl sites for hydroxylation is 2. The zero-order chi connectivity index (χ0) is 52.4. The first-order chi connectivity index (χ1) is 35.4. The van der Waals surface area contributed by atoms with Crippen molar-refractivity contribution in [1.82, 2.24) is 59.9 Å². The third kappa shape index (κ3) is 11.2. The molecule has 9 rings (SSSR count). The summed E-state index contributed by atoms with van der Waals surface area (Å²) in [5, 5.41) is 28.5. The van der Waals surface area contributed by atoms with E-state index in [0.717, 1.165) is 53.1 Å². The highest BCUT2D eigenvalue weighted by Crippen LogP contribution is 2.33. The van der Waals surface area contributed by atoms with E-state index in [-0.39, 0.29) is 67.3 Å². The number of fused-ring (bicyclic) bond motifs is 1. The van der Waals surface area contributed by atoms with Crippen molar-refractivity contribution in [3.63, 3.8) is 0 Å². The lowest BCUT2D eigenvalue weighted by molar-refractivity contribution is -0.144. The molecule has 1 aromatic carbocycles. The fraction of sp³-hybridized carbons (Fsp3) is 0.462. The molecule has 2 saturated heterocycles. The first-order valence-electron chi connectivity index (χ1n) is 25.0. The van der Waals surface area contributed by atoms with Crippen molar-refractivity contribution < 1.29 is 29.1 Å². The second-order valence-electron chi connectivity index (χ2n) is 20.5. The van der Waals surface area contributed by atoms with E-state index in [2.05, 4.69) is 46.1 Å². The molecular weight excluding hydrogens is 965 g/mol. The van der Waals surface area contributed by atoms with Crippen LogP contribution in [0.15, 0.2) is 65.3 Å². The molecule has 22 heteroatoms. The van der Waals surface area contributed by atoms with Crippen molar-refractivity contribution in [1.29, 1.82) is 0 Å². The zero-order valence-corrected chi connectivity index (χ0v) is 43.3. The Balaban J connectivity index is 0.750. The van der Waals surface area contributed by atoms with Gasteiger partial charge in [0.25, 0.3) is 5.56 Å². The van der Waals surface area contributed by atoms with Crippen LogP contribution in [0.3, 0.4) is 0 Å². The fourth-order valence-electron chi connectivity index (χ4n) is 10.2. The molecule has 0 radical (unpaired) electrons. The summed E-state index contributed by atoms with van der Waals surface area (Å²) in [4.78, 5) is 105. The molecule has 1 unspecified atom stereocenters. The minimum atomic E-state index is -1.03. The lowest BCUT2D eigenvalue weighted by Crippen LogP contribution is -2.58. The van der Waals surface area contributed by atoms with Gasteiger partial charge in [0.2, 0.25) is 29.6 Å². The molecule has 21 nitrogen and oxygen atoms in total. The summed E-state index contributed by atoms with van der Waals surface area (Å²) < 4.78 is 3.07. The highest BCUT2D eigenvalue weighted by molar-refractivity contribution is 7.13. The summed E-state index contributed by atoms with van der Waals surface area (Å²) in [6, 6.07) is 9.59. The number of hydrogen-bond acceptors (Lipinski definition) is 16. The van der Waals surface area contributed by atoms with Gasteiger partial charge in [0, 0.05) is 69.5 Å². The van der Waals surface area contributed by atoms with Gasteiger partial charge in [-0.3, -0.25) is 33.3 Å². The second-order valence-corrected chi connectivity index (χ2v) is 21.4. The Labute approximate surface area is 431 Å². The second kappa shape index (κ2) is 21.6. The number of Topliss-reactive ketones (excluding diaryl/α,β-unsaturated/α-hetero) is 1. The molecule has 0 spiro atoms. The van der Waals surface area contributed by atoms with Gasteiger partial charge in [0.15, 0.2) is 5.78 Å². The van der Waals surface area contributed by atoms with E-state index in [1.165, 1.54) is 22.7 Å². The summed E-state index contributed by atoms with van der Waals surface area (Å²) in [7, 11) is 0. The highest BCUT2D eigenvalue weighted by Gasteiger charge is 2.44. The number of rotatable bonds is 15. The van der Waals surface area contributed by atoms with Crippen LogP contribution in [0.4, 0.5) is 17.5 Å². The maximum Gasteiger partial charge on any atom is 0.263 e. The van der Waals surface area contributed by atoms with Gasteiger partial charge in [-0.2, -0.15) is 4.98 Å². The number of pyridine rings is 2. The standard InChI is InChI=1S/C52H62N14O7S/c1-30-39-25-55-51(59-47(39)66(36-9-7-8-10-36)49(72)44(30)32(3)67)57-41-16-15-37(24-53-41)62-17-19-63(20-18-62)43(70)28-64-26-35(60-61-64)21-42(69)58-46(52(4,5)6)50(73)65-27-38(68)22-40(65)48(71)54-23-33-11-13-34(14-12-33)45-31(2)56-29-74-45/h11-16,24-26,29,36,38,40,46,68H,7-10,17-23,27-28H2,1-6H3,(H,54,71)(H,58,69)(H,53,55,57,59)/t38-,40+,46?/m1/s1. The van der Waals surface area contributed by atoms with E-state index in [1.54, 1.807) is 45.6 Å². The van der Waals surface area contributed by atoms with Crippen molar-refractivity contribution >= 4 is 69.2 Å². The molecular formula is C52H62N14O7S. The zero-order valence-electron chi connectivity index (χ0n) is 42.5.